The summed E-state index contributed by atoms with van der Waals surface area (Å²) in [6, 6.07) is 5.86. The topological polar surface area (TPSA) is 81.8 Å². The molecule has 0 atom stereocenters. The average Bonchev–Trinajstić information content (AvgIpc) is 3.31. The molecule has 4 rings (SSSR count). The van der Waals surface area contributed by atoms with E-state index in [9.17, 15) is 9.59 Å². The van der Waals surface area contributed by atoms with Crippen LogP contribution in [0.2, 0.25) is 0 Å². The molecule has 6 nitrogen and oxygen atoms in total. The molecule has 1 fully saturated rings. The molecule has 0 aliphatic heterocycles. The largest absolute Gasteiger partial charge is 0.331 e. The number of hydrogen-bond acceptors (Lipinski definition) is 3. The van der Waals surface area contributed by atoms with E-state index in [-0.39, 0.29) is 17.5 Å². The van der Waals surface area contributed by atoms with Gasteiger partial charge in [0.15, 0.2) is 0 Å². The van der Waals surface area contributed by atoms with Gasteiger partial charge in [0.2, 0.25) is 0 Å². The van der Waals surface area contributed by atoms with Gasteiger partial charge in [-0.15, -0.1) is 0 Å². The summed E-state index contributed by atoms with van der Waals surface area (Å²) in [5, 5.41) is 7.82. The van der Waals surface area contributed by atoms with E-state index in [2.05, 4.69) is 31.1 Å². The summed E-state index contributed by atoms with van der Waals surface area (Å²) in [6.45, 7) is 4.12. The summed E-state index contributed by atoms with van der Waals surface area (Å²) >= 11 is 3.49. The van der Waals surface area contributed by atoms with Crippen molar-refractivity contribution in [3.05, 3.63) is 61.6 Å². The summed E-state index contributed by atoms with van der Waals surface area (Å²) in [5.74, 6) is -0.0565. The van der Waals surface area contributed by atoms with Gasteiger partial charge in [-0.1, -0.05) is 28.8 Å². The lowest BCUT2D eigenvalue weighted by Crippen LogP contribution is -2.40. The fourth-order valence-corrected chi connectivity index (χ4v) is 4.64. The molecule has 0 saturated heterocycles. The van der Waals surface area contributed by atoms with Crippen molar-refractivity contribution >= 4 is 32.7 Å². The van der Waals surface area contributed by atoms with Gasteiger partial charge in [0.05, 0.1) is 23.8 Å². The molecule has 1 aromatic carbocycles. The molecule has 1 amide bonds. The first-order valence-corrected chi connectivity index (χ1v) is 10.4. The standard InChI is InChI=1S/C21H23BrN4O2/c1-12-7-13(2)24-20(27)18(12)11-26(15-5-3-4-6-15)21(28)16-8-14(22)9-19-17(16)10-23-25-19/h7-10,15H,3-6,11H2,1-2H3,(H,23,25)(H,24,27). The predicted octanol–water partition coefficient (Wildman–Crippen LogP) is 4.22. The van der Waals surface area contributed by atoms with Gasteiger partial charge in [0.25, 0.3) is 11.5 Å². The Balaban J connectivity index is 1.77. The zero-order valence-electron chi connectivity index (χ0n) is 16.0. The van der Waals surface area contributed by atoms with Crippen molar-refractivity contribution in [3.63, 3.8) is 0 Å². The van der Waals surface area contributed by atoms with Crippen LogP contribution in [0.3, 0.4) is 0 Å². The van der Waals surface area contributed by atoms with Crippen LogP contribution >= 0.6 is 15.9 Å². The van der Waals surface area contributed by atoms with Crippen LogP contribution in [0.1, 0.15) is 52.9 Å². The van der Waals surface area contributed by atoms with Crippen LogP contribution in [-0.4, -0.2) is 32.0 Å². The second-order valence-electron chi connectivity index (χ2n) is 7.60. The molecule has 1 saturated carbocycles. The van der Waals surface area contributed by atoms with Crippen LogP contribution in [0.4, 0.5) is 0 Å². The van der Waals surface area contributed by atoms with Crippen molar-refractivity contribution in [3.8, 4) is 0 Å². The Bertz CT molecular complexity index is 1100. The third-order valence-electron chi connectivity index (χ3n) is 5.60. The molecule has 2 aromatic heterocycles. The maximum absolute atomic E-state index is 13.6. The highest BCUT2D eigenvalue weighted by molar-refractivity contribution is 9.10. The molecule has 2 N–H and O–H groups in total. The van der Waals surface area contributed by atoms with Gasteiger partial charge in [-0.05, 0) is 50.5 Å². The van der Waals surface area contributed by atoms with Gasteiger partial charge in [-0.3, -0.25) is 14.7 Å². The van der Waals surface area contributed by atoms with Crippen LogP contribution in [0.15, 0.2) is 33.7 Å². The quantitative estimate of drug-likeness (QED) is 0.634. The van der Waals surface area contributed by atoms with E-state index in [1.807, 2.05) is 36.9 Å². The Morgan fingerprint density at radius 1 is 1.25 bits per heavy atom. The van der Waals surface area contributed by atoms with Crippen molar-refractivity contribution in [2.24, 2.45) is 0 Å². The number of benzene rings is 1. The fourth-order valence-electron chi connectivity index (χ4n) is 4.18. The number of nitrogens with zero attached hydrogens (tertiary/aromatic N) is 2. The maximum Gasteiger partial charge on any atom is 0.255 e. The number of carbonyl (C=O) groups excluding carboxylic acids is 1. The highest BCUT2D eigenvalue weighted by Crippen LogP contribution is 2.30. The molecule has 2 heterocycles. The lowest BCUT2D eigenvalue weighted by Gasteiger charge is -2.30. The number of aromatic nitrogens is 3. The minimum absolute atomic E-state index is 0.0565. The Morgan fingerprint density at radius 2 is 2.00 bits per heavy atom. The Labute approximate surface area is 171 Å². The number of carbonyl (C=O) groups is 1. The average molecular weight is 443 g/mol. The molecule has 28 heavy (non-hydrogen) atoms. The van der Waals surface area contributed by atoms with E-state index in [0.29, 0.717) is 17.7 Å². The molecule has 1 aliphatic carbocycles. The van der Waals surface area contributed by atoms with Crippen molar-refractivity contribution in [1.29, 1.82) is 0 Å². The summed E-state index contributed by atoms with van der Waals surface area (Å²) in [7, 11) is 0. The second kappa shape index (κ2) is 7.54. The first kappa shape index (κ1) is 18.9. The molecule has 0 spiro atoms. The number of hydrogen-bond donors (Lipinski definition) is 2. The SMILES string of the molecule is Cc1cc(C)c(CN(C(=O)c2cc(Br)cc3[nH]ncc23)C2CCCC2)c(=O)[nH]1. The van der Waals surface area contributed by atoms with Crippen LogP contribution < -0.4 is 5.56 Å². The number of aryl methyl sites for hydroxylation is 2. The smallest absolute Gasteiger partial charge is 0.255 e. The minimum Gasteiger partial charge on any atom is -0.331 e. The molecule has 0 radical (unpaired) electrons. The zero-order valence-corrected chi connectivity index (χ0v) is 17.6. The lowest BCUT2D eigenvalue weighted by atomic mass is 10.0. The van der Waals surface area contributed by atoms with Gasteiger partial charge in [-0.2, -0.15) is 5.10 Å². The number of halogens is 1. The fraction of sp³-hybridized carbons (Fsp3) is 0.381. The normalized spacial score (nSPS) is 14.7. The summed E-state index contributed by atoms with van der Waals surface area (Å²) in [4.78, 5) is 31.0. The molecule has 7 heteroatoms. The summed E-state index contributed by atoms with van der Waals surface area (Å²) < 4.78 is 0.823. The van der Waals surface area contributed by atoms with Gasteiger partial charge in [-0.25, -0.2) is 0 Å². The van der Waals surface area contributed by atoms with Gasteiger partial charge < -0.3 is 9.88 Å². The van der Waals surface area contributed by atoms with Crippen LogP contribution in [0.5, 0.6) is 0 Å². The second-order valence-corrected chi connectivity index (χ2v) is 8.51. The monoisotopic (exact) mass is 442 g/mol. The molecule has 146 valence electrons. The Kier molecular flexibility index (Phi) is 5.10. The van der Waals surface area contributed by atoms with E-state index in [1.54, 1.807) is 6.20 Å². The summed E-state index contributed by atoms with van der Waals surface area (Å²) in [6.07, 6.45) is 5.84. The third kappa shape index (κ3) is 3.51. The van der Waals surface area contributed by atoms with Crippen molar-refractivity contribution in [1.82, 2.24) is 20.1 Å². The number of amides is 1. The predicted molar refractivity (Wildman–Crippen MR) is 112 cm³/mol. The number of aromatic amines is 2. The summed E-state index contributed by atoms with van der Waals surface area (Å²) in [5.41, 5.74) is 3.71. The highest BCUT2D eigenvalue weighted by Gasteiger charge is 2.30. The number of pyridine rings is 1. The first-order valence-electron chi connectivity index (χ1n) is 9.57. The van der Waals surface area contributed by atoms with E-state index in [4.69, 9.17) is 0 Å². The molecule has 1 aliphatic rings. The number of fused-ring (bicyclic) bond motifs is 1. The van der Waals surface area contributed by atoms with Crippen molar-refractivity contribution < 1.29 is 4.79 Å². The maximum atomic E-state index is 13.6. The zero-order chi connectivity index (χ0) is 19.8. The van der Waals surface area contributed by atoms with E-state index < -0.39 is 0 Å². The minimum atomic E-state index is -0.115. The van der Waals surface area contributed by atoms with Gasteiger partial charge in [0, 0.05) is 27.2 Å². The van der Waals surface area contributed by atoms with Crippen molar-refractivity contribution in [2.75, 3.05) is 0 Å². The van der Waals surface area contributed by atoms with Gasteiger partial charge in [0.1, 0.15) is 0 Å². The molecular weight excluding hydrogens is 420 g/mol. The van der Waals surface area contributed by atoms with Gasteiger partial charge >= 0.3 is 0 Å². The number of H-pyrrole nitrogens is 2. The first-order chi connectivity index (χ1) is 13.4. The third-order valence-corrected chi connectivity index (χ3v) is 6.06. The molecule has 0 unspecified atom stereocenters. The van der Waals surface area contributed by atoms with Crippen molar-refractivity contribution in [2.45, 2.75) is 52.1 Å². The van der Waals surface area contributed by atoms with Crippen LogP contribution in [-0.2, 0) is 6.54 Å². The Morgan fingerprint density at radius 3 is 2.71 bits per heavy atom. The lowest BCUT2D eigenvalue weighted by molar-refractivity contribution is 0.0665. The van der Waals surface area contributed by atoms with Crippen LogP contribution in [0, 0.1) is 13.8 Å². The molecule has 3 aromatic rings. The highest BCUT2D eigenvalue weighted by atomic mass is 79.9. The number of nitrogens with one attached hydrogen (secondary N) is 2. The Hall–Kier alpha value is -2.41. The number of rotatable bonds is 4. The van der Waals surface area contributed by atoms with E-state index >= 15 is 0 Å². The van der Waals surface area contributed by atoms with E-state index in [1.165, 1.54) is 0 Å². The van der Waals surface area contributed by atoms with E-state index in [0.717, 1.165) is 52.3 Å². The molecule has 0 bridgehead atoms. The molecular formula is C21H23BrN4O2. The van der Waals surface area contributed by atoms with Crippen LogP contribution in [0.25, 0.3) is 10.9 Å².